The molecule has 1 aromatic rings. The van der Waals surface area contributed by atoms with E-state index in [1.54, 1.807) is 12.1 Å². The van der Waals surface area contributed by atoms with E-state index in [-0.39, 0.29) is 22.6 Å². The largest absolute Gasteiger partial charge is 0.393 e. The van der Waals surface area contributed by atoms with Gasteiger partial charge in [0.05, 0.1) is 11.0 Å². The van der Waals surface area contributed by atoms with Crippen molar-refractivity contribution in [2.75, 3.05) is 0 Å². The Morgan fingerprint density at radius 2 is 2.06 bits per heavy atom. The average molecular weight is 249 g/mol. The standard InChI is InChI=1S/C14H19NO3/c16-14-8-3-1-2-6-12(14)9-11-5-4-7-13(10-11)15(17)18/h4-5,7,10,12,14,16H,1-3,6,8-9H2. The fraction of sp³-hybridized carbons (Fsp3) is 0.571. The Kier molecular flexibility index (Phi) is 4.31. The second-order valence-electron chi connectivity index (χ2n) is 5.10. The lowest BCUT2D eigenvalue weighted by Crippen LogP contribution is -2.21. The highest BCUT2D eigenvalue weighted by Gasteiger charge is 2.22. The van der Waals surface area contributed by atoms with Gasteiger partial charge in [0.1, 0.15) is 0 Å². The van der Waals surface area contributed by atoms with E-state index in [0.29, 0.717) is 0 Å². The van der Waals surface area contributed by atoms with Crippen LogP contribution in [0.25, 0.3) is 0 Å². The van der Waals surface area contributed by atoms with Crippen LogP contribution in [0.3, 0.4) is 0 Å². The van der Waals surface area contributed by atoms with Gasteiger partial charge in [-0.25, -0.2) is 0 Å². The fourth-order valence-corrected chi connectivity index (χ4v) is 2.70. The summed E-state index contributed by atoms with van der Waals surface area (Å²) < 4.78 is 0. The van der Waals surface area contributed by atoms with Crippen molar-refractivity contribution in [3.05, 3.63) is 39.9 Å². The van der Waals surface area contributed by atoms with Crippen LogP contribution >= 0.6 is 0 Å². The lowest BCUT2D eigenvalue weighted by atomic mass is 9.90. The molecule has 1 saturated carbocycles. The Labute approximate surface area is 107 Å². The van der Waals surface area contributed by atoms with E-state index in [4.69, 9.17) is 0 Å². The number of benzene rings is 1. The summed E-state index contributed by atoms with van der Waals surface area (Å²) in [7, 11) is 0. The van der Waals surface area contributed by atoms with Crippen LogP contribution in [-0.4, -0.2) is 16.1 Å². The molecule has 0 heterocycles. The summed E-state index contributed by atoms with van der Waals surface area (Å²) in [5.41, 5.74) is 1.09. The maximum Gasteiger partial charge on any atom is 0.269 e. The highest BCUT2D eigenvalue weighted by Crippen LogP contribution is 2.27. The quantitative estimate of drug-likeness (QED) is 0.508. The molecule has 0 radical (unpaired) electrons. The number of non-ortho nitro benzene ring substituents is 1. The molecule has 1 aliphatic carbocycles. The zero-order valence-electron chi connectivity index (χ0n) is 10.4. The lowest BCUT2D eigenvalue weighted by molar-refractivity contribution is -0.384. The van der Waals surface area contributed by atoms with Crippen LogP contribution in [0, 0.1) is 16.0 Å². The third-order valence-corrected chi connectivity index (χ3v) is 3.74. The first-order valence-corrected chi connectivity index (χ1v) is 6.58. The summed E-state index contributed by atoms with van der Waals surface area (Å²) in [5.74, 6) is 0.245. The predicted octanol–water partition coefficient (Wildman–Crippen LogP) is 3.08. The first-order chi connectivity index (χ1) is 8.66. The molecule has 2 rings (SSSR count). The Morgan fingerprint density at radius 3 is 2.83 bits per heavy atom. The van der Waals surface area contributed by atoms with Gasteiger partial charge >= 0.3 is 0 Å². The molecule has 0 aliphatic heterocycles. The minimum atomic E-state index is -0.368. The van der Waals surface area contributed by atoms with Crippen molar-refractivity contribution in [2.45, 2.75) is 44.6 Å². The third kappa shape index (κ3) is 3.29. The zero-order chi connectivity index (χ0) is 13.0. The van der Waals surface area contributed by atoms with Crippen molar-refractivity contribution in [2.24, 2.45) is 5.92 Å². The summed E-state index contributed by atoms with van der Waals surface area (Å²) in [5, 5.41) is 20.8. The normalized spacial score (nSPS) is 24.5. The molecule has 18 heavy (non-hydrogen) atoms. The molecule has 2 unspecified atom stereocenters. The number of rotatable bonds is 3. The van der Waals surface area contributed by atoms with Crippen LogP contribution in [0.15, 0.2) is 24.3 Å². The number of aliphatic hydroxyl groups is 1. The minimum absolute atomic E-state index is 0.135. The van der Waals surface area contributed by atoms with E-state index in [1.165, 1.54) is 12.5 Å². The van der Waals surface area contributed by atoms with E-state index in [9.17, 15) is 15.2 Å². The molecule has 1 N–H and O–H groups in total. The van der Waals surface area contributed by atoms with Crippen LogP contribution < -0.4 is 0 Å². The van der Waals surface area contributed by atoms with E-state index < -0.39 is 0 Å². The van der Waals surface area contributed by atoms with Crippen molar-refractivity contribution in [1.29, 1.82) is 0 Å². The van der Waals surface area contributed by atoms with Crippen molar-refractivity contribution in [3.63, 3.8) is 0 Å². The van der Waals surface area contributed by atoms with Crippen molar-refractivity contribution in [1.82, 2.24) is 0 Å². The van der Waals surface area contributed by atoms with Gasteiger partial charge in [0.2, 0.25) is 0 Å². The van der Waals surface area contributed by atoms with Crippen LogP contribution in [0.2, 0.25) is 0 Å². The van der Waals surface area contributed by atoms with Gasteiger partial charge in [-0.05, 0) is 30.7 Å². The molecule has 98 valence electrons. The first-order valence-electron chi connectivity index (χ1n) is 6.58. The highest BCUT2D eigenvalue weighted by molar-refractivity contribution is 5.34. The predicted molar refractivity (Wildman–Crippen MR) is 69.4 cm³/mol. The minimum Gasteiger partial charge on any atom is -0.393 e. The Morgan fingerprint density at radius 1 is 1.28 bits per heavy atom. The lowest BCUT2D eigenvalue weighted by Gasteiger charge is -2.20. The molecule has 0 amide bonds. The number of nitro benzene ring substituents is 1. The molecule has 1 aromatic carbocycles. The molecule has 0 bridgehead atoms. The molecule has 0 spiro atoms. The van der Waals surface area contributed by atoms with Crippen LogP contribution in [0.4, 0.5) is 5.69 Å². The third-order valence-electron chi connectivity index (χ3n) is 3.74. The summed E-state index contributed by atoms with van der Waals surface area (Å²) in [6.45, 7) is 0. The van der Waals surface area contributed by atoms with Gasteiger partial charge in [0, 0.05) is 12.1 Å². The van der Waals surface area contributed by atoms with Gasteiger partial charge in [0.25, 0.3) is 5.69 Å². The number of hydrogen-bond donors (Lipinski definition) is 1. The first kappa shape index (κ1) is 13.0. The monoisotopic (exact) mass is 249 g/mol. The smallest absolute Gasteiger partial charge is 0.269 e. The van der Waals surface area contributed by atoms with Gasteiger partial charge in [-0.1, -0.05) is 31.4 Å². The Balaban J connectivity index is 2.07. The van der Waals surface area contributed by atoms with E-state index in [2.05, 4.69) is 0 Å². The summed E-state index contributed by atoms with van der Waals surface area (Å²) >= 11 is 0. The fourth-order valence-electron chi connectivity index (χ4n) is 2.70. The summed E-state index contributed by atoms with van der Waals surface area (Å²) in [4.78, 5) is 10.4. The number of nitrogens with zero attached hydrogens (tertiary/aromatic N) is 1. The summed E-state index contributed by atoms with van der Waals surface area (Å²) in [6, 6.07) is 6.76. The molecule has 1 fully saturated rings. The van der Waals surface area contributed by atoms with E-state index in [0.717, 1.165) is 37.7 Å². The van der Waals surface area contributed by atoms with E-state index in [1.807, 2.05) is 6.07 Å². The molecule has 4 nitrogen and oxygen atoms in total. The van der Waals surface area contributed by atoms with Crippen LogP contribution in [0.1, 0.15) is 37.7 Å². The Hall–Kier alpha value is -1.42. The second kappa shape index (κ2) is 5.96. The van der Waals surface area contributed by atoms with Gasteiger partial charge in [0.15, 0.2) is 0 Å². The van der Waals surface area contributed by atoms with Crippen LogP contribution in [0.5, 0.6) is 0 Å². The van der Waals surface area contributed by atoms with Crippen molar-refractivity contribution >= 4 is 5.69 Å². The van der Waals surface area contributed by atoms with E-state index >= 15 is 0 Å². The zero-order valence-corrected chi connectivity index (χ0v) is 10.4. The summed E-state index contributed by atoms with van der Waals surface area (Å²) in [6.07, 6.45) is 5.78. The maximum absolute atomic E-state index is 10.7. The topological polar surface area (TPSA) is 63.4 Å². The number of hydrogen-bond acceptors (Lipinski definition) is 3. The van der Waals surface area contributed by atoms with Gasteiger partial charge < -0.3 is 5.11 Å². The maximum atomic E-state index is 10.7. The molecule has 4 heteroatoms. The molecular formula is C14H19NO3. The highest BCUT2D eigenvalue weighted by atomic mass is 16.6. The van der Waals surface area contributed by atoms with Gasteiger partial charge in [-0.3, -0.25) is 10.1 Å². The van der Waals surface area contributed by atoms with Crippen molar-refractivity contribution < 1.29 is 10.0 Å². The molecule has 0 saturated heterocycles. The second-order valence-corrected chi connectivity index (χ2v) is 5.10. The molecule has 0 aromatic heterocycles. The van der Waals surface area contributed by atoms with Gasteiger partial charge in [-0.15, -0.1) is 0 Å². The molecule has 1 aliphatic rings. The van der Waals surface area contributed by atoms with Crippen LogP contribution in [-0.2, 0) is 6.42 Å². The van der Waals surface area contributed by atoms with Crippen molar-refractivity contribution in [3.8, 4) is 0 Å². The Bertz CT molecular complexity index is 419. The number of aliphatic hydroxyl groups excluding tert-OH is 1. The SMILES string of the molecule is O=[N+]([O-])c1cccc(CC2CCCCCC2O)c1. The average Bonchev–Trinajstić information content (AvgIpc) is 2.55. The molecule has 2 atom stereocenters. The number of nitro groups is 1. The molecular weight excluding hydrogens is 230 g/mol. The van der Waals surface area contributed by atoms with Gasteiger partial charge in [-0.2, -0.15) is 0 Å².